The Hall–Kier alpha value is -2.16. The Morgan fingerprint density at radius 1 is 0.958 bits per heavy atom. The van der Waals surface area contributed by atoms with E-state index in [9.17, 15) is 12.8 Å². The molecule has 2 aromatic rings. The minimum absolute atomic E-state index is 0.00433. The number of hydrogen-bond acceptors (Lipinski definition) is 4. The number of halogens is 1. The van der Waals surface area contributed by atoms with Crippen LogP contribution in [0.2, 0.25) is 0 Å². The average Bonchev–Trinajstić information content (AvgIpc) is 2.79. The van der Waals surface area contributed by atoms with Crippen molar-refractivity contribution in [2.75, 3.05) is 34.9 Å². The fourth-order valence-electron chi connectivity index (χ4n) is 2.63. The summed E-state index contributed by atoms with van der Waals surface area (Å²) in [5, 5.41) is 0. The molecule has 8 heteroatoms. The van der Waals surface area contributed by atoms with Gasteiger partial charge in [0, 0.05) is 6.54 Å². The largest absolute Gasteiger partial charge is 0.378 e. The van der Waals surface area contributed by atoms with Crippen LogP contribution < -0.4 is 14.3 Å². The molecule has 1 aliphatic rings. The number of nitrogens with two attached hydrogens (primary N) is 1. The third-order valence-electron chi connectivity index (χ3n) is 3.65. The topological polar surface area (TPSA) is 75.9 Å². The Morgan fingerprint density at radius 3 is 2.25 bits per heavy atom. The first kappa shape index (κ1) is 16.7. The smallest absolute Gasteiger partial charge is 0.331 e. The van der Waals surface area contributed by atoms with E-state index in [1.54, 1.807) is 30.3 Å². The lowest BCUT2D eigenvalue weighted by Gasteiger charge is -2.22. The second-order valence-corrected chi connectivity index (χ2v) is 6.89. The first-order chi connectivity index (χ1) is 11.6. The Labute approximate surface area is 140 Å². The molecule has 3 rings (SSSR count). The van der Waals surface area contributed by atoms with Crippen LogP contribution in [0, 0.1) is 5.82 Å². The van der Waals surface area contributed by atoms with Crippen LogP contribution in [-0.4, -0.2) is 34.7 Å². The molecule has 0 spiro atoms. The van der Waals surface area contributed by atoms with Crippen LogP contribution in [0.4, 0.5) is 21.5 Å². The third kappa shape index (κ3) is 2.83. The second kappa shape index (κ2) is 6.76. The van der Waals surface area contributed by atoms with Gasteiger partial charge in [0.05, 0.1) is 36.8 Å². The molecule has 1 aliphatic heterocycles. The van der Waals surface area contributed by atoms with Crippen molar-refractivity contribution < 1.29 is 17.5 Å². The zero-order chi connectivity index (χ0) is 17.2. The molecule has 6 nitrogen and oxygen atoms in total. The van der Waals surface area contributed by atoms with E-state index in [0.717, 1.165) is 4.31 Å². The van der Waals surface area contributed by atoms with Crippen molar-refractivity contribution in [2.24, 2.45) is 5.73 Å². The molecule has 24 heavy (non-hydrogen) atoms. The summed E-state index contributed by atoms with van der Waals surface area (Å²) in [6, 6.07) is 12.6. The van der Waals surface area contributed by atoms with Crippen LogP contribution in [0.1, 0.15) is 0 Å². The van der Waals surface area contributed by atoms with E-state index >= 15 is 0 Å². The van der Waals surface area contributed by atoms with Gasteiger partial charge in [0.15, 0.2) is 0 Å². The second-order valence-electron chi connectivity index (χ2n) is 5.19. The van der Waals surface area contributed by atoms with Gasteiger partial charge in [-0.05, 0) is 24.3 Å². The number of fused-ring (bicyclic) bond motifs is 1. The number of para-hydroxylation sites is 3. The van der Waals surface area contributed by atoms with E-state index in [1.807, 2.05) is 0 Å². The van der Waals surface area contributed by atoms with E-state index < -0.39 is 16.0 Å². The van der Waals surface area contributed by atoms with Gasteiger partial charge in [-0.2, -0.15) is 8.42 Å². The molecule has 0 fully saturated rings. The van der Waals surface area contributed by atoms with Gasteiger partial charge in [0.2, 0.25) is 0 Å². The summed E-state index contributed by atoms with van der Waals surface area (Å²) < 4.78 is 47.7. The SMILES string of the molecule is NCCOCCN1c2ccccc2N(c2ccccc2F)S1(=O)=O. The minimum atomic E-state index is -3.93. The molecule has 0 saturated heterocycles. The molecule has 0 amide bonds. The molecule has 0 unspecified atom stereocenters. The Balaban J connectivity index is 2.01. The van der Waals surface area contributed by atoms with Gasteiger partial charge in [-0.1, -0.05) is 24.3 Å². The van der Waals surface area contributed by atoms with Crippen molar-refractivity contribution >= 4 is 27.3 Å². The summed E-state index contributed by atoms with van der Waals surface area (Å²) in [5.41, 5.74) is 6.27. The molecular weight excluding hydrogens is 333 g/mol. The number of ether oxygens (including phenoxy) is 1. The summed E-state index contributed by atoms with van der Waals surface area (Å²) in [7, 11) is -3.93. The molecule has 0 radical (unpaired) electrons. The monoisotopic (exact) mass is 351 g/mol. The standard InChI is InChI=1S/C16H18FN3O3S/c17-13-5-1-2-6-14(13)20-16-8-4-3-7-15(16)19(24(20,21)22)10-12-23-11-9-18/h1-8H,9-12,18H2. The lowest BCUT2D eigenvalue weighted by atomic mass is 10.2. The van der Waals surface area contributed by atoms with Gasteiger partial charge >= 0.3 is 10.2 Å². The summed E-state index contributed by atoms with van der Waals surface area (Å²) in [5.74, 6) is -0.600. The van der Waals surface area contributed by atoms with Crippen molar-refractivity contribution in [1.82, 2.24) is 0 Å². The van der Waals surface area contributed by atoms with Gasteiger partial charge in [0.25, 0.3) is 0 Å². The van der Waals surface area contributed by atoms with Gasteiger partial charge in [-0.15, -0.1) is 0 Å². The summed E-state index contributed by atoms with van der Waals surface area (Å²) in [6.07, 6.45) is 0. The Morgan fingerprint density at radius 2 is 1.58 bits per heavy atom. The van der Waals surface area contributed by atoms with E-state index in [0.29, 0.717) is 24.5 Å². The Kier molecular flexibility index (Phi) is 4.70. The van der Waals surface area contributed by atoms with Crippen molar-refractivity contribution in [3.63, 3.8) is 0 Å². The molecule has 2 aromatic carbocycles. The maximum absolute atomic E-state index is 14.2. The van der Waals surface area contributed by atoms with Gasteiger partial charge in [-0.25, -0.2) is 13.0 Å². The van der Waals surface area contributed by atoms with Crippen LogP contribution in [-0.2, 0) is 14.9 Å². The van der Waals surface area contributed by atoms with Crippen LogP contribution in [0.5, 0.6) is 0 Å². The summed E-state index contributed by atoms with van der Waals surface area (Å²) >= 11 is 0. The molecule has 1 heterocycles. The van der Waals surface area contributed by atoms with Crippen LogP contribution in [0.3, 0.4) is 0 Å². The highest BCUT2D eigenvalue weighted by atomic mass is 32.2. The average molecular weight is 351 g/mol. The molecule has 2 N–H and O–H groups in total. The first-order valence-electron chi connectivity index (χ1n) is 7.51. The number of anilines is 3. The molecule has 0 saturated carbocycles. The zero-order valence-corrected chi connectivity index (χ0v) is 13.7. The van der Waals surface area contributed by atoms with Crippen LogP contribution in [0.15, 0.2) is 48.5 Å². The molecule has 128 valence electrons. The van der Waals surface area contributed by atoms with E-state index in [2.05, 4.69) is 0 Å². The molecule has 0 bridgehead atoms. The highest BCUT2D eigenvalue weighted by molar-refractivity contribution is 7.95. The fourth-order valence-corrected chi connectivity index (χ4v) is 4.34. The van der Waals surface area contributed by atoms with Gasteiger partial charge < -0.3 is 10.5 Å². The highest BCUT2D eigenvalue weighted by Gasteiger charge is 2.41. The van der Waals surface area contributed by atoms with Crippen LogP contribution >= 0.6 is 0 Å². The normalized spacial score (nSPS) is 15.6. The van der Waals surface area contributed by atoms with Crippen molar-refractivity contribution in [3.8, 4) is 0 Å². The van der Waals surface area contributed by atoms with Gasteiger partial charge in [0.1, 0.15) is 5.82 Å². The quantitative estimate of drug-likeness (QED) is 0.808. The molecular formula is C16H18FN3O3S. The predicted molar refractivity (Wildman–Crippen MR) is 91.1 cm³/mol. The molecule has 0 aromatic heterocycles. The Bertz CT molecular complexity index is 829. The summed E-state index contributed by atoms with van der Waals surface area (Å²) in [6.45, 7) is 1.05. The number of nitrogens with zero attached hydrogens (tertiary/aromatic N) is 2. The lowest BCUT2D eigenvalue weighted by Crippen LogP contribution is -2.37. The third-order valence-corrected chi connectivity index (χ3v) is 5.44. The maximum Gasteiger partial charge on any atom is 0.331 e. The molecule has 0 aliphatic carbocycles. The molecule has 0 atom stereocenters. The first-order valence-corrected chi connectivity index (χ1v) is 8.91. The van der Waals surface area contributed by atoms with Crippen LogP contribution in [0.25, 0.3) is 0 Å². The van der Waals surface area contributed by atoms with E-state index in [4.69, 9.17) is 10.5 Å². The number of hydrogen-bond donors (Lipinski definition) is 1. The zero-order valence-electron chi connectivity index (χ0n) is 12.9. The summed E-state index contributed by atoms with van der Waals surface area (Å²) in [4.78, 5) is 0. The fraction of sp³-hybridized carbons (Fsp3) is 0.250. The van der Waals surface area contributed by atoms with Crippen molar-refractivity contribution in [2.45, 2.75) is 0 Å². The predicted octanol–water partition coefficient (Wildman–Crippen LogP) is 2.00. The minimum Gasteiger partial charge on any atom is -0.378 e. The van der Waals surface area contributed by atoms with Crippen molar-refractivity contribution in [3.05, 3.63) is 54.3 Å². The lowest BCUT2D eigenvalue weighted by molar-refractivity contribution is 0.150. The highest BCUT2D eigenvalue weighted by Crippen LogP contribution is 2.45. The van der Waals surface area contributed by atoms with Gasteiger partial charge in [-0.3, -0.25) is 0 Å². The van der Waals surface area contributed by atoms with E-state index in [1.165, 1.54) is 22.5 Å². The maximum atomic E-state index is 14.2. The van der Waals surface area contributed by atoms with Crippen molar-refractivity contribution in [1.29, 1.82) is 0 Å². The number of rotatable bonds is 6. The van der Waals surface area contributed by atoms with E-state index in [-0.39, 0.29) is 18.8 Å². The number of benzene rings is 2.